The first-order chi connectivity index (χ1) is 10.1. The minimum atomic E-state index is -0.136. The zero-order valence-electron chi connectivity index (χ0n) is 11.2. The van der Waals surface area contributed by atoms with Gasteiger partial charge in [0.25, 0.3) is 0 Å². The van der Waals surface area contributed by atoms with E-state index < -0.39 is 0 Å². The number of anilines is 2. The highest BCUT2D eigenvalue weighted by molar-refractivity contribution is 6.31. The van der Waals surface area contributed by atoms with E-state index in [9.17, 15) is 4.79 Å². The fourth-order valence-electron chi connectivity index (χ4n) is 1.87. The largest absolute Gasteiger partial charge is 0.397 e. The topological polar surface area (TPSA) is 96.7 Å². The van der Waals surface area contributed by atoms with Gasteiger partial charge >= 0.3 is 0 Å². The van der Waals surface area contributed by atoms with Crippen molar-refractivity contribution in [2.24, 2.45) is 0 Å². The van der Waals surface area contributed by atoms with Crippen LogP contribution in [-0.4, -0.2) is 15.5 Å². The summed E-state index contributed by atoms with van der Waals surface area (Å²) in [5, 5.41) is 12.1. The van der Waals surface area contributed by atoms with Gasteiger partial charge in [-0.2, -0.15) is 5.26 Å². The molecule has 0 fully saturated rings. The number of hydrogen-bond acceptors (Lipinski definition) is 4. The van der Waals surface area contributed by atoms with Crippen molar-refractivity contribution in [3.63, 3.8) is 0 Å². The molecule has 2 aromatic rings. The van der Waals surface area contributed by atoms with Crippen molar-refractivity contribution in [2.45, 2.75) is 19.4 Å². The van der Waals surface area contributed by atoms with Crippen molar-refractivity contribution in [1.29, 1.82) is 5.26 Å². The lowest BCUT2D eigenvalue weighted by Crippen LogP contribution is -2.13. The van der Waals surface area contributed by atoms with Crippen LogP contribution in [0.1, 0.15) is 18.7 Å². The molecule has 0 unspecified atom stereocenters. The van der Waals surface area contributed by atoms with Crippen LogP contribution >= 0.6 is 11.6 Å². The van der Waals surface area contributed by atoms with E-state index in [4.69, 9.17) is 22.6 Å². The zero-order valence-corrected chi connectivity index (χ0v) is 12.0. The molecule has 1 amide bonds. The quantitative estimate of drug-likeness (QED) is 0.829. The third-order valence-corrected chi connectivity index (χ3v) is 3.14. The molecule has 0 aliphatic heterocycles. The second-order valence-electron chi connectivity index (χ2n) is 4.44. The van der Waals surface area contributed by atoms with Crippen LogP contribution in [0.25, 0.3) is 0 Å². The summed E-state index contributed by atoms with van der Waals surface area (Å²) < 4.78 is 1.71. The molecule has 6 nitrogen and oxygen atoms in total. The van der Waals surface area contributed by atoms with Crippen LogP contribution in [0.3, 0.4) is 0 Å². The van der Waals surface area contributed by atoms with Gasteiger partial charge in [0.1, 0.15) is 6.07 Å². The number of aryl methyl sites for hydroxylation is 1. The van der Waals surface area contributed by atoms with Gasteiger partial charge in [0.05, 0.1) is 11.4 Å². The maximum atomic E-state index is 11.8. The number of aromatic nitrogens is 2. The number of nitrogens with two attached hydrogens (primary N) is 1. The van der Waals surface area contributed by atoms with Crippen LogP contribution in [0.2, 0.25) is 5.02 Å². The van der Waals surface area contributed by atoms with E-state index >= 15 is 0 Å². The Morgan fingerprint density at radius 1 is 1.52 bits per heavy atom. The Bertz CT molecular complexity index is 689. The smallest absolute Gasteiger partial charge is 0.224 e. The lowest BCUT2D eigenvalue weighted by atomic mass is 10.2. The Labute approximate surface area is 127 Å². The molecule has 2 rings (SSSR count). The minimum Gasteiger partial charge on any atom is -0.397 e. The molecule has 0 spiro atoms. The van der Waals surface area contributed by atoms with Crippen molar-refractivity contribution < 1.29 is 4.79 Å². The number of nitrogen functional groups attached to an aromatic ring is 1. The summed E-state index contributed by atoms with van der Waals surface area (Å²) >= 11 is 5.79. The average Bonchev–Trinajstić information content (AvgIpc) is 2.89. The molecule has 1 aromatic carbocycles. The molecule has 0 aliphatic carbocycles. The van der Waals surface area contributed by atoms with Gasteiger partial charge in [-0.1, -0.05) is 11.6 Å². The summed E-state index contributed by atoms with van der Waals surface area (Å²) in [6.45, 7) is 0.562. The van der Waals surface area contributed by atoms with E-state index in [2.05, 4.69) is 10.3 Å². The lowest BCUT2D eigenvalue weighted by molar-refractivity contribution is -0.116. The van der Waals surface area contributed by atoms with Gasteiger partial charge in [0.2, 0.25) is 11.7 Å². The first kappa shape index (κ1) is 14.9. The Kier molecular flexibility index (Phi) is 4.80. The van der Waals surface area contributed by atoms with Crippen molar-refractivity contribution in [1.82, 2.24) is 9.55 Å². The first-order valence-corrected chi connectivity index (χ1v) is 6.74. The molecule has 7 heteroatoms. The molecule has 0 saturated carbocycles. The molecule has 0 radical (unpaired) electrons. The number of nitriles is 1. The fourth-order valence-corrected chi connectivity index (χ4v) is 2.05. The van der Waals surface area contributed by atoms with E-state index in [1.54, 1.807) is 35.2 Å². The number of carbonyl (C=O) groups excluding carboxylic acids is 1. The highest BCUT2D eigenvalue weighted by atomic mass is 35.5. The number of nitrogens with one attached hydrogen (secondary N) is 1. The fraction of sp³-hybridized carbons (Fsp3) is 0.214. The van der Waals surface area contributed by atoms with Gasteiger partial charge in [-0.15, -0.1) is 0 Å². The molecule has 0 bridgehead atoms. The molecular weight excluding hydrogens is 290 g/mol. The summed E-state index contributed by atoms with van der Waals surface area (Å²) in [6.07, 6.45) is 4.20. The van der Waals surface area contributed by atoms with E-state index in [1.807, 2.05) is 6.07 Å². The normalized spacial score (nSPS) is 10.1. The SMILES string of the molecule is N#Cc1nccn1CCCC(=O)Nc1ccc(Cl)cc1N. The van der Waals surface area contributed by atoms with Crippen LogP contribution in [0.15, 0.2) is 30.6 Å². The van der Waals surface area contributed by atoms with Crippen molar-refractivity contribution in [3.05, 3.63) is 41.4 Å². The number of rotatable bonds is 5. The number of halogens is 1. The molecular formula is C14H14ClN5O. The Balaban J connectivity index is 1.84. The van der Waals surface area contributed by atoms with Gasteiger partial charge < -0.3 is 15.6 Å². The molecule has 0 saturated heterocycles. The van der Waals surface area contributed by atoms with Crippen LogP contribution in [-0.2, 0) is 11.3 Å². The summed E-state index contributed by atoms with van der Waals surface area (Å²) in [4.78, 5) is 15.7. The van der Waals surface area contributed by atoms with Crippen molar-refractivity contribution in [3.8, 4) is 6.07 Å². The van der Waals surface area contributed by atoms with Crippen LogP contribution in [0.5, 0.6) is 0 Å². The third kappa shape index (κ3) is 3.97. The third-order valence-electron chi connectivity index (χ3n) is 2.91. The predicted octanol–water partition coefficient (Wildman–Crippen LogP) is 2.41. The van der Waals surface area contributed by atoms with Crippen LogP contribution < -0.4 is 11.1 Å². The number of benzene rings is 1. The predicted molar refractivity (Wildman–Crippen MR) is 80.7 cm³/mol. The van der Waals surface area contributed by atoms with Crippen molar-refractivity contribution >= 4 is 28.9 Å². The molecule has 0 atom stereocenters. The van der Waals surface area contributed by atoms with Gasteiger partial charge in [-0.3, -0.25) is 4.79 Å². The zero-order chi connectivity index (χ0) is 15.2. The molecule has 108 valence electrons. The second kappa shape index (κ2) is 6.77. The number of carbonyl (C=O) groups is 1. The Morgan fingerprint density at radius 3 is 3.05 bits per heavy atom. The number of imidazole rings is 1. The molecule has 21 heavy (non-hydrogen) atoms. The maximum Gasteiger partial charge on any atom is 0.224 e. The molecule has 0 aliphatic rings. The number of hydrogen-bond donors (Lipinski definition) is 2. The number of amides is 1. The van der Waals surface area contributed by atoms with E-state index in [-0.39, 0.29) is 5.91 Å². The van der Waals surface area contributed by atoms with Gasteiger partial charge in [0, 0.05) is 30.4 Å². The standard InChI is InChI=1S/C14H14ClN5O/c15-10-3-4-12(11(17)8-10)19-14(21)2-1-6-20-7-5-18-13(20)9-16/h3-5,7-8H,1-2,6,17H2,(H,19,21). The Morgan fingerprint density at radius 2 is 2.33 bits per heavy atom. The van der Waals surface area contributed by atoms with E-state index in [1.165, 1.54) is 0 Å². The highest BCUT2D eigenvalue weighted by Crippen LogP contribution is 2.22. The molecule has 1 aromatic heterocycles. The monoisotopic (exact) mass is 303 g/mol. The lowest BCUT2D eigenvalue weighted by Gasteiger charge is -2.08. The molecule has 3 N–H and O–H groups in total. The highest BCUT2D eigenvalue weighted by Gasteiger charge is 2.07. The maximum absolute atomic E-state index is 11.8. The van der Waals surface area contributed by atoms with Gasteiger partial charge in [-0.05, 0) is 24.6 Å². The van der Waals surface area contributed by atoms with Gasteiger partial charge in [0.15, 0.2) is 0 Å². The van der Waals surface area contributed by atoms with E-state index in [0.717, 1.165) is 0 Å². The van der Waals surface area contributed by atoms with Crippen molar-refractivity contribution in [2.75, 3.05) is 11.1 Å². The second-order valence-corrected chi connectivity index (χ2v) is 4.88. The van der Waals surface area contributed by atoms with Gasteiger partial charge in [-0.25, -0.2) is 4.98 Å². The first-order valence-electron chi connectivity index (χ1n) is 6.36. The summed E-state index contributed by atoms with van der Waals surface area (Å²) in [6, 6.07) is 6.90. The van der Waals surface area contributed by atoms with Crippen LogP contribution in [0.4, 0.5) is 11.4 Å². The van der Waals surface area contributed by atoms with Crippen LogP contribution in [0, 0.1) is 11.3 Å². The summed E-state index contributed by atoms with van der Waals surface area (Å²) in [5.41, 5.74) is 6.74. The summed E-state index contributed by atoms with van der Waals surface area (Å²) in [5.74, 6) is 0.208. The number of nitrogens with zero attached hydrogens (tertiary/aromatic N) is 3. The van der Waals surface area contributed by atoms with E-state index in [0.29, 0.717) is 41.6 Å². The Hall–Kier alpha value is -2.52. The average molecular weight is 304 g/mol. The minimum absolute atomic E-state index is 0.136. The molecule has 1 heterocycles. The summed E-state index contributed by atoms with van der Waals surface area (Å²) in [7, 11) is 0.